The van der Waals surface area contributed by atoms with Gasteiger partial charge in [0, 0.05) is 17.9 Å². The van der Waals surface area contributed by atoms with Crippen molar-refractivity contribution < 1.29 is 0 Å². The Bertz CT molecular complexity index is 246. The van der Waals surface area contributed by atoms with Crippen LogP contribution in [0.4, 0.5) is 0 Å². The molecule has 0 saturated carbocycles. The number of aromatic nitrogens is 2. The first kappa shape index (κ1) is 10.3. The van der Waals surface area contributed by atoms with Gasteiger partial charge in [-0.1, -0.05) is 27.7 Å². The van der Waals surface area contributed by atoms with Crippen LogP contribution < -0.4 is 0 Å². The van der Waals surface area contributed by atoms with Gasteiger partial charge in [-0.2, -0.15) is 0 Å². The fourth-order valence-corrected chi connectivity index (χ4v) is 1.75. The maximum atomic E-state index is 4.22. The minimum Gasteiger partial charge on any atom is -0.331 e. The van der Waals surface area contributed by atoms with Crippen molar-refractivity contribution in [1.82, 2.24) is 9.55 Å². The summed E-state index contributed by atoms with van der Waals surface area (Å²) in [5.41, 5.74) is 1.36. The van der Waals surface area contributed by atoms with Crippen LogP contribution in [0.15, 0.2) is 12.5 Å². The van der Waals surface area contributed by atoms with E-state index in [0.29, 0.717) is 12.0 Å². The molecule has 0 unspecified atom stereocenters. The lowest BCUT2D eigenvalue weighted by molar-refractivity contribution is 0.451. The highest BCUT2D eigenvalue weighted by molar-refractivity contribution is 5.05. The average molecular weight is 180 g/mol. The fourth-order valence-electron chi connectivity index (χ4n) is 1.75. The van der Waals surface area contributed by atoms with E-state index >= 15 is 0 Å². The largest absolute Gasteiger partial charge is 0.331 e. The van der Waals surface area contributed by atoms with Gasteiger partial charge in [-0.3, -0.25) is 0 Å². The van der Waals surface area contributed by atoms with Crippen LogP contribution >= 0.6 is 0 Å². The van der Waals surface area contributed by atoms with Crippen molar-refractivity contribution in [3.05, 3.63) is 18.2 Å². The highest BCUT2D eigenvalue weighted by atomic mass is 15.1. The van der Waals surface area contributed by atoms with Crippen LogP contribution in [0.2, 0.25) is 0 Å². The van der Waals surface area contributed by atoms with E-state index in [-0.39, 0.29) is 0 Å². The van der Waals surface area contributed by atoms with E-state index in [1.54, 1.807) is 0 Å². The summed E-state index contributed by atoms with van der Waals surface area (Å²) in [7, 11) is 0. The zero-order chi connectivity index (χ0) is 9.84. The number of imidazole rings is 1. The standard InChI is InChI=1S/C11H20N2/c1-5-10(6-2)13-8-12-7-11(13)9(3)4/h7-10H,5-6H2,1-4H3. The Hall–Kier alpha value is -0.790. The molecule has 1 aromatic heterocycles. The Morgan fingerprint density at radius 1 is 1.31 bits per heavy atom. The van der Waals surface area contributed by atoms with E-state index < -0.39 is 0 Å². The van der Waals surface area contributed by atoms with Crippen molar-refractivity contribution in [1.29, 1.82) is 0 Å². The van der Waals surface area contributed by atoms with Crippen LogP contribution in [-0.2, 0) is 0 Å². The second-order valence-electron chi connectivity index (χ2n) is 3.85. The summed E-state index contributed by atoms with van der Waals surface area (Å²) in [6.45, 7) is 8.91. The molecule has 1 rings (SSSR count). The van der Waals surface area contributed by atoms with Gasteiger partial charge in [0.1, 0.15) is 0 Å². The van der Waals surface area contributed by atoms with Gasteiger partial charge in [0.2, 0.25) is 0 Å². The molecule has 0 fully saturated rings. The summed E-state index contributed by atoms with van der Waals surface area (Å²) < 4.78 is 2.32. The Labute approximate surface area is 81.0 Å². The predicted molar refractivity (Wildman–Crippen MR) is 55.9 cm³/mol. The molecule has 0 N–H and O–H groups in total. The normalized spacial score (nSPS) is 11.5. The number of hydrogen-bond acceptors (Lipinski definition) is 1. The van der Waals surface area contributed by atoms with Crippen LogP contribution in [0.5, 0.6) is 0 Å². The SMILES string of the molecule is CCC(CC)n1cncc1C(C)C. The number of rotatable bonds is 4. The van der Waals surface area contributed by atoms with Crippen LogP contribution in [0.3, 0.4) is 0 Å². The molecule has 2 nitrogen and oxygen atoms in total. The third kappa shape index (κ3) is 2.11. The van der Waals surface area contributed by atoms with Gasteiger partial charge in [0.05, 0.1) is 6.33 Å². The molecular formula is C11H20N2. The van der Waals surface area contributed by atoms with E-state index in [1.807, 2.05) is 12.5 Å². The Morgan fingerprint density at radius 3 is 2.38 bits per heavy atom. The first-order valence-corrected chi connectivity index (χ1v) is 5.22. The summed E-state index contributed by atoms with van der Waals surface area (Å²) in [4.78, 5) is 4.22. The predicted octanol–water partition coefficient (Wildman–Crippen LogP) is 3.37. The third-order valence-electron chi connectivity index (χ3n) is 2.62. The lowest BCUT2D eigenvalue weighted by atomic mass is 10.1. The molecule has 13 heavy (non-hydrogen) atoms. The number of nitrogens with zero attached hydrogens (tertiary/aromatic N) is 2. The van der Waals surface area contributed by atoms with Crippen LogP contribution in [-0.4, -0.2) is 9.55 Å². The summed E-state index contributed by atoms with van der Waals surface area (Å²) >= 11 is 0. The quantitative estimate of drug-likeness (QED) is 0.694. The van der Waals surface area contributed by atoms with Crippen molar-refractivity contribution in [2.24, 2.45) is 0 Å². The fraction of sp³-hybridized carbons (Fsp3) is 0.727. The highest BCUT2D eigenvalue weighted by Crippen LogP contribution is 2.22. The molecule has 1 aromatic rings. The molecule has 0 spiro atoms. The zero-order valence-electron chi connectivity index (χ0n) is 9.12. The van der Waals surface area contributed by atoms with Gasteiger partial charge in [-0.25, -0.2) is 4.98 Å². The van der Waals surface area contributed by atoms with Crippen molar-refractivity contribution in [2.45, 2.75) is 52.5 Å². The molecule has 0 radical (unpaired) electrons. The Balaban J connectivity index is 2.91. The molecule has 1 heterocycles. The van der Waals surface area contributed by atoms with Gasteiger partial charge in [-0.05, 0) is 18.8 Å². The first-order valence-electron chi connectivity index (χ1n) is 5.22. The maximum absolute atomic E-state index is 4.22. The van der Waals surface area contributed by atoms with Crippen molar-refractivity contribution in [2.75, 3.05) is 0 Å². The monoisotopic (exact) mass is 180 g/mol. The molecule has 0 aliphatic carbocycles. The van der Waals surface area contributed by atoms with E-state index in [9.17, 15) is 0 Å². The molecule has 0 aromatic carbocycles. The molecule has 0 amide bonds. The molecule has 0 bridgehead atoms. The summed E-state index contributed by atoms with van der Waals surface area (Å²) in [6.07, 6.45) is 6.33. The second-order valence-corrected chi connectivity index (χ2v) is 3.85. The minimum atomic E-state index is 0.572. The topological polar surface area (TPSA) is 17.8 Å². The number of hydrogen-bond donors (Lipinski definition) is 0. The van der Waals surface area contributed by atoms with Crippen LogP contribution in [0.25, 0.3) is 0 Å². The van der Waals surface area contributed by atoms with E-state index in [4.69, 9.17) is 0 Å². The molecule has 0 aliphatic heterocycles. The van der Waals surface area contributed by atoms with Crippen LogP contribution in [0.1, 0.15) is 58.2 Å². The second kappa shape index (κ2) is 4.45. The van der Waals surface area contributed by atoms with E-state index in [1.165, 1.54) is 18.5 Å². The van der Waals surface area contributed by atoms with E-state index in [2.05, 4.69) is 37.2 Å². The minimum absolute atomic E-state index is 0.572. The highest BCUT2D eigenvalue weighted by Gasteiger charge is 2.12. The summed E-state index contributed by atoms with van der Waals surface area (Å²) in [6, 6.07) is 0.625. The third-order valence-corrected chi connectivity index (χ3v) is 2.62. The molecule has 0 atom stereocenters. The molecule has 0 saturated heterocycles. The Morgan fingerprint density at radius 2 is 1.92 bits per heavy atom. The van der Waals surface area contributed by atoms with Gasteiger partial charge in [-0.15, -0.1) is 0 Å². The van der Waals surface area contributed by atoms with E-state index in [0.717, 1.165) is 0 Å². The van der Waals surface area contributed by atoms with Crippen molar-refractivity contribution in [3.63, 3.8) is 0 Å². The van der Waals surface area contributed by atoms with Crippen molar-refractivity contribution >= 4 is 0 Å². The maximum Gasteiger partial charge on any atom is 0.0950 e. The van der Waals surface area contributed by atoms with Crippen molar-refractivity contribution in [3.8, 4) is 0 Å². The summed E-state index contributed by atoms with van der Waals surface area (Å²) in [5, 5.41) is 0. The first-order chi connectivity index (χ1) is 6.20. The summed E-state index contributed by atoms with van der Waals surface area (Å²) in [5.74, 6) is 0.572. The van der Waals surface area contributed by atoms with Crippen LogP contribution in [0, 0.1) is 0 Å². The lowest BCUT2D eigenvalue weighted by Crippen LogP contribution is -2.10. The van der Waals surface area contributed by atoms with Gasteiger partial charge < -0.3 is 4.57 Å². The Kier molecular flexibility index (Phi) is 3.52. The molecule has 74 valence electrons. The zero-order valence-corrected chi connectivity index (χ0v) is 9.12. The smallest absolute Gasteiger partial charge is 0.0950 e. The lowest BCUT2D eigenvalue weighted by Gasteiger charge is -2.19. The molecular weight excluding hydrogens is 160 g/mol. The van der Waals surface area contributed by atoms with Gasteiger partial charge >= 0.3 is 0 Å². The van der Waals surface area contributed by atoms with Gasteiger partial charge in [0.15, 0.2) is 0 Å². The average Bonchev–Trinajstić information content (AvgIpc) is 2.55. The molecule has 0 aliphatic rings. The molecule has 2 heteroatoms. The van der Waals surface area contributed by atoms with Gasteiger partial charge in [0.25, 0.3) is 0 Å².